The van der Waals surface area contributed by atoms with Crippen molar-refractivity contribution in [3.05, 3.63) is 59.2 Å². The normalized spacial score (nSPS) is 15.6. The lowest BCUT2D eigenvalue weighted by molar-refractivity contribution is 0.0997. The van der Waals surface area contributed by atoms with Crippen LogP contribution in [0.1, 0.15) is 41.8 Å². The standard InChI is InChI=1S/C21H23NO4S/c1-21(2)13-14-7-5-6-8-16(14)18(22-21)12-19(23)17-10-9-15(27(4,24)25)11-20(17)26-3/h5-11H,12-13H2,1-4H3. The van der Waals surface area contributed by atoms with Crippen LogP contribution in [0.3, 0.4) is 0 Å². The number of carbonyl (C=O) groups excluding carboxylic acids is 1. The van der Waals surface area contributed by atoms with Crippen LogP contribution >= 0.6 is 0 Å². The van der Waals surface area contributed by atoms with Crippen LogP contribution in [0, 0.1) is 0 Å². The van der Waals surface area contributed by atoms with Crippen LogP contribution in [0.4, 0.5) is 0 Å². The zero-order chi connectivity index (χ0) is 19.8. The molecule has 0 fully saturated rings. The molecule has 0 atom stereocenters. The lowest BCUT2D eigenvalue weighted by atomic mass is 9.85. The van der Waals surface area contributed by atoms with Gasteiger partial charge in [0.05, 0.1) is 35.2 Å². The smallest absolute Gasteiger partial charge is 0.175 e. The third kappa shape index (κ3) is 4.11. The van der Waals surface area contributed by atoms with E-state index >= 15 is 0 Å². The van der Waals surface area contributed by atoms with E-state index in [9.17, 15) is 13.2 Å². The summed E-state index contributed by atoms with van der Waals surface area (Å²) in [6.07, 6.45) is 2.08. The average molecular weight is 385 g/mol. The summed E-state index contributed by atoms with van der Waals surface area (Å²) in [5.74, 6) is 0.102. The van der Waals surface area contributed by atoms with Crippen LogP contribution in [-0.4, -0.2) is 38.8 Å². The molecule has 0 unspecified atom stereocenters. The van der Waals surface area contributed by atoms with Crippen LogP contribution in [0.25, 0.3) is 0 Å². The van der Waals surface area contributed by atoms with E-state index in [2.05, 4.69) is 19.9 Å². The highest BCUT2D eigenvalue weighted by Gasteiger charge is 2.28. The molecule has 0 radical (unpaired) electrons. The Kier molecular flexibility index (Phi) is 4.95. The summed E-state index contributed by atoms with van der Waals surface area (Å²) in [6, 6.07) is 12.3. The van der Waals surface area contributed by atoms with Gasteiger partial charge in [0.15, 0.2) is 15.6 Å². The molecule has 2 aromatic rings. The molecule has 0 aliphatic carbocycles. The monoisotopic (exact) mass is 385 g/mol. The maximum Gasteiger partial charge on any atom is 0.175 e. The molecule has 0 saturated heterocycles. The van der Waals surface area contributed by atoms with E-state index in [0.717, 1.165) is 24.0 Å². The van der Waals surface area contributed by atoms with Gasteiger partial charge in [-0.3, -0.25) is 9.79 Å². The van der Waals surface area contributed by atoms with Gasteiger partial charge in [0, 0.05) is 6.26 Å². The van der Waals surface area contributed by atoms with Crippen molar-refractivity contribution >= 4 is 21.3 Å². The van der Waals surface area contributed by atoms with Crippen molar-refractivity contribution < 1.29 is 17.9 Å². The molecule has 0 aromatic heterocycles. The zero-order valence-corrected chi connectivity index (χ0v) is 16.8. The molecule has 0 spiro atoms. The Bertz CT molecular complexity index is 1040. The SMILES string of the molecule is COc1cc(S(C)(=O)=O)ccc1C(=O)CC1=NC(C)(C)Cc2ccccc21. The summed E-state index contributed by atoms with van der Waals surface area (Å²) in [6.45, 7) is 4.10. The molecule has 0 saturated carbocycles. The number of aliphatic imine (C=N–C) groups is 1. The van der Waals surface area contributed by atoms with Crippen LogP contribution < -0.4 is 4.74 Å². The maximum absolute atomic E-state index is 13.0. The van der Waals surface area contributed by atoms with Crippen LogP contribution in [0.5, 0.6) is 5.75 Å². The molecule has 0 amide bonds. The lowest BCUT2D eigenvalue weighted by Gasteiger charge is -2.29. The van der Waals surface area contributed by atoms with Gasteiger partial charge >= 0.3 is 0 Å². The number of sulfone groups is 1. The van der Waals surface area contributed by atoms with Crippen molar-refractivity contribution in [1.29, 1.82) is 0 Å². The molecule has 6 heteroatoms. The Hall–Kier alpha value is -2.47. The Morgan fingerprint density at radius 1 is 1.19 bits per heavy atom. The van der Waals surface area contributed by atoms with Gasteiger partial charge in [0.25, 0.3) is 0 Å². The number of methoxy groups -OCH3 is 1. The van der Waals surface area contributed by atoms with E-state index in [0.29, 0.717) is 5.56 Å². The summed E-state index contributed by atoms with van der Waals surface area (Å²) >= 11 is 0. The number of benzene rings is 2. The van der Waals surface area contributed by atoms with Gasteiger partial charge in [-0.15, -0.1) is 0 Å². The number of ether oxygens (including phenoxy) is 1. The fourth-order valence-electron chi connectivity index (χ4n) is 3.40. The van der Waals surface area contributed by atoms with Gasteiger partial charge in [-0.25, -0.2) is 8.42 Å². The highest BCUT2D eigenvalue weighted by atomic mass is 32.2. The summed E-state index contributed by atoms with van der Waals surface area (Å²) < 4.78 is 28.8. The first-order chi connectivity index (χ1) is 12.6. The van der Waals surface area contributed by atoms with Crippen molar-refractivity contribution in [2.24, 2.45) is 4.99 Å². The minimum atomic E-state index is -3.38. The fourth-order valence-corrected chi connectivity index (χ4v) is 4.04. The van der Waals surface area contributed by atoms with E-state index in [1.165, 1.54) is 30.9 Å². The third-order valence-electron chi connectivity index (χ3n) is 4.62. The first kappa shape index (κ1) is 19.3. The number of carbonyl (C=O) groups is 1. The average Bonchev–Trinajstić information content (AvgIpc) is 2.59. The minimum absolute atomic E-state index is 0.123. The predicted octanol–water partition coefficient (Wildman–Crippen LogP) is 3.50. The number of rotatable bonds is 5. The molecule has 0 bridgehead atoms. The molecular formula is C21H23NO4S. The Labute approximate surface area is 160 Å². The summed E-state index contributed by atoms with van der Waals surface area (Å²) in [4.78, 5) is 17.9. The van der Waals surface area contributed by atoms with Crippen molar-refractivity contribution in [3.63, 3.8) is 0 Å². The van der Waals surface area contributed by atoms with E-state index in [-0.39, 0.29) is 28.4 Å². The van der Waals surface area contributed by atoms with Crippen molar-refractivity contribution in [3.8, 4) is 5.75 Å². The molecular weight excluding hydrogens is 362 g/mol. The van der Waals surface area contributed by atoms with E-state index in [1.807, 2.05) is 18.2 Å². The molecule has 1 aliphatic heterocycles. The summed E-state index contributed by atoms with van der Waals surface area (Å²) in [5, 5.41) is 0. The quantitative estimate of drug-likeness (QED) is 0.739. The first-order valence-electron chi connectivity index (χ1n) is 8.69. The zero-order valence-electron chi connectivity index (χ0n) is 15.9. The van der Waals surface area contributed by atoms with E-state index in [4.69, 9.17) is 9.73 Å². The molecule has 1 aliphatic rings. The van der Waals surface area contributed by atoms with Crippen LogP contribution in [-0.2, 0) is 16.3 Å². The van der Waals surface area contributed by atoms with Gasteiger partial charge in [-0.05, 0) is 49.6 Å². The first-order valence-corrected chi connectivity index (χ1v) is 10.6. The van der Waals surface area contributed by atoms with Gasteiger partial charge in [0.2, 0.25) is 0 Å². The highest BCUT2D eigenvalue weighted by molar-refractivity contribution is 7.90. The Morgan fingerprint density at radius 2 is 1.89 bits per heavy atom. The predicted molar refractivity (Wildman–Crippen MR) is 106 cm³/mol. The number of Topliss-reactive ketones (excluding diaryl/α,β-unsaturated/α-hetero) is 1. The molecule has 2 aromatic carbocycles. The second-order valence-electron chi connectivity index (χ2n) is 7.44. The highest BCUT2D eigenvalue weighted by Crippen LogP contribution is 2.30. The molecule has 5 nitrogen and oxygen atoms in total. The molecule has 142 valence electrons. The topological polar surface area (TPSA) is 72.8 Å². The third-order valence-corrected chi connectivity index (χ3v) is 5.73. The van der Waals surface area contributed by atoms with Gasteiger partial charge in [-0.1, -0.05) is 24.3 Å². The van der Waals surface area contributed by atoms with Crippen LogP contribution in [0.15, 0.2) is 52.4 Å². The number of fused-ring (bicyclic) bond motifs is 1. The van der Waals surface area contributed by atoms with Gasteiger partial charge in [-0.2, -0.15) is 0 Å². The molecule has 3 rings (SSSR count). The van der Waals surface area contributed by atoms with Crippen molar-refractivity contribution in [2.45, 2.75) is 37.1 Å². The number of nitrogens with zero attached hydrogens (tertiary/aromatic N) is 1. The van der Waals surface area contributed by atoms with E-state index in [1.54, 1.807) is 0 Å². The molecule has 1 heterocycles. The minimum Gasteiger partial charge on any atom is -0.496 e. The van der Waals surface area contributed by atoms with Gasteiger partial charge in [0.1, 0.15) is 5.75 Å². The number of ketones is 1. The van der Waals surface area contributed by atoms with E-state index < -0.39 is 9.84 Å². The van der Waals surface area contributed by atoms with Crippen molar-refractivity contribution in [1.82, 2.24) is 0 Å². The van der Waals surface area contributed by atoms with Gasteiger partial charge < -0.3 is 4.74 Å². The molecule has 0 N–H and O–H groups in total. The molecule has 27 heavy (non-hydrogen) atoms. The maximum atomic E-state index is 13.0. The van der Waals surface area contributed by atoms with Crippen LogP contribution in [0.2, 0.25) is 0 Å². The summed E-state index contributed by atoms with van der Waals surface area (Å²) in [7, 11) is -1.95. The Morgan fingerprint density at radius 3 is 2.56 bits per heavy atom. The number of hydrogen-bond acceptors (Lipinski definition) is 5. The Balaban J connectivity index is 1.97. The number of hydrogen-bond donors (Lipinski definition) is 0. The van der Waals surface area contributed by atoms with Crippen molar-refractivity contribution in [2.75, 3.05) is 13.4 Å². The largest absolute Gasteiger partial charge is 0.496 e. The summed E-state index contributed by atoms with van der Waals surface area (Å²) in [5.41, 5.74) is 3.01. The lowest BCUT2D eigenvalue weighted by Crippen LogP contribution is -2.30. The fraction of sp³-hybridized carbons (Fsp3) is 0.333. The second kappa shape index (κ2) is 6.93. The second-order valence-corrected chi connectivity index (χ2v) is 9.45.